The Hall–Kier alpha value is -2.11. The highest BCUT2D eigenvalue weighted by Crippen LogP contribution is 2.30. The Morgan fingerprint density at radius 3 is 2.63 bits per heavy atom. The van der Waals surface area contributed by atoms with Crippen LogP contribution in [0.15, 0.2) is 18.2 Å². The van der Waals surface area contributed by atoms with Crippen LogP contribution in [-0.4, -0.2) is 21.5 Å². The topological polar surface area (TPSA) is 92.5 Å². The summed E-state index contributed by atoms with van der Waals surface area (Å²) < 4.78 is 0. The third-order valence-corrected chi connectivity index (χ3v) is 3.54. The second-order valence-corrected chi connectivity index (χ2v) is 5.18. The Balaban J connectivity index is 2.27. The largest absolute Gasteiger partial charge is 0.508 e. The molecule has 0 spiro atoms. The van der Waals surface area contributed by atoms with E-state index >= 15 is 0 Å². The second-order valence-electron chi connectivity index (χ2n) is 5.18. The van der Waals surface area contributed by atoms with Crippen molar-refractivity contribution in [3.8, 4) is 5.75 Å². The van der Waals surface area contributed by atoms with Crippen molar-refractivity contribution in [1.82, 2.24) is 5.32 Å². The fraction of sp³-hybridized carbons (Fsp3) is 0.462. The van der Waals surface area contributed by atoms with E-state index in [1.807, 2.05) is 6.92 Å². The summed E-state index contributed by atoms with van der Waals surface area (Å²) in [5.74, 6) is -0.667. The molecule has 1 aliphatic carbocycles. The van der Waals surface area contributed by atoms with Crippen LogP contribution in [0.2, 0.25) is 0 Å². The zero-order valence-corrected chi connectivity index (χ0v) is 10.7. The Morgan fingerprint density at radius 2 is 2.05 bits per heavy atom. The lowest BCUT2D eigenvalue weighted by Gasteiger charge is -2.25. The molecule has 1 fully saturated rings. The number of nitro groups is 1. The maximum absolute atomic E-state index is 12.2. The molecule has 2 N–H and O–H groups in total. The van der Waals surface area contributed by atoms with Crippen molar-refractivity contribution in [2.24, 2.45) is 0 Å². The van der Waals surface area contributed by atoms with E-state index < -0.39 is 10.8 Å². The lowest BCUT2D eigenvalue weighted by molar-refractivity contribution is -0.385. The predicted molar refractivity (Wildman–Crippen MR) is 69.1 cm³/mol. The van der Waals surface area contributed by atoms with Gasteiger partial charge in [0.15, 0.2) is 0 Å². The van der Waals surface area contributed by atoms with Gasteiger partial charge in [0.2, 0.25) is 0 Å². The molecule has 6 heteroatoms. The average Bonchev–Trinajstić information content (AvgIpc) is 2.75. The molecule has 0 unspecified atom stereocenters. The molecule has 0 atom stereocenters. The van der Waals surface area contributed by atoms with Gasteiger partial charge in [-0.2, -0.15) is 0 Å². The van der Waals surface area contributed by atoms with Gasteiger partial charge in [0.1, 0.15) is 11.3 Å². The van der Waals surface area contributed by atoms with Crippen LogP contribution in [0, 0.1) is 10.1 Å². The van der Waals surface area contributed by atoms with Crippen LogP contribution in [0.5, 0.6) is 5.75 Å². The minimum Gasteiger partial charge on any atom is -0.508 e. The molecule has 0 bridgehead atoms. The summed E-state index contributed by atoms with van der Waals surface area (Å²) in [7, 11) is 0. The zero-order valence-electron chi connectivity index (χ0n) is 10.7. The molecule has 1 amide bonds. The van der Waals surface area contributed by atoms with E-state index in [1.165, 1.54) is 6.07 Å². The van der Waals surface area contributed by atoms with Crippen LogP contribution in [-0.2, 0) is 0 Å². The smallest absolute Gasteiger partial charge is 0.282 e. The molecule has 1 aromatic rings. The highest BCUT2D eigenvalue weighted by molar-refractivity contribution is 5.99. The van der Waals surface area contributed by atoms with Gasteiger partial charge in [-0.1, -0.05) is 12.8 Å². The number of phenolic OH excluding ortho intramolecular Hbond substituents is 1. The second kappa shape index (κ2) is 4.87. The minimum absolute atomic E-state index is 0.0990. The molecule has 0 saturated heterocycles. The summed E-state index contributed by atoms with van der Waals surface area (Å²) in [6, 6.07) is 3.47. The van der Waals surface area contributed by atoms with Gasteiger partial charge in [0.25, 0.3) is 11.6 Å². The van der Waals surface area contributed by atoms with Crippen molar-refractivity contribution in [2.75, 3.05) is 0 Å². The molecule has 1 aromatic carbocycles. The number of carbonyl (C=O) groups excluding carboxylic acids is 1. The Morgan fingerprint density at radius 1 is 1.42 bits per heavy atom. The normalized spacial score (nSPS) is 17.1. The Labute approximate surface area is 110 Å². The molecule has 1 saturated carbocycles. The summed E-state index contributed by atoms with van der Waals surface area (Å²) in [6.07, 6.45) is 3.81. The van der Waals surface area contributed by atoms with Gasteiger partial charge >= 0.3 is 0 Å². The van der Waals surface area contributed by atoms with E-state index in [9.17, 15) is 20.0 Å². The molecule has 0 aromatic heterocycles. The standard InChI is InChI=1S/C13H16N2O4/c1-13(6-2-3-7-13)14-12(17)10-8-9(16)4-5-11(10)15(18)19/h4-5,8,16H,2-3,6-7H2,1H3,(H,14,17). The predicted octanol–water partition coefficient (Wildman–Crippen LogP) is 2.36. The quantitative estimate of drug-likeness (QED) is 0.647. The van der Waals surface area contributed by atoms with Crippen molar-refractivity contribution >= 4 is 11.6 Å². The van der Waals surface area contributed by atoms with E-state index in [0.29, 0.717) is 0 Å². The SMILES string of the molecule is CC1(NC(=O)c2cc(O)ccc2[N+](=O)[O-])CCCC1. The summed E-state index contributed by atoms with van der Waals surface area (Å²) in [5.41, 5.74) is -0.703. The van der Waals surface area contributed by atoms with E-state index in [4.69, 9.17) is 0 Å². The number of hydrogen-bond acceptors (Lipinski definition) is 4. The average molecular weight is 264 g/mol. The maximum Gasteiger partial charge on any atom is 0.282 e. The van der Waals surface area contributed by atoms with Crippen LogP contribution in [0.25, 0.3) is 0 Å². The van der Waals surface area contributed by atoms with E-state index in [1.54, 1.807) is 0 Å². The first-order valence-corrected chi connectivity index (χ1v) is 6.21. The lowest BCUT2D eigenvalue weighted by Crippen LogP contribution is -2.43. The number of rotatable bonds is 3. The molecule has 0 heterocycles. The summed E-state index contributed by atoms with van der Waals surface area (Å²) in [6.45, 7) is 1.94. The van der Waals surface area contributed by atoms with Crippen molar-refractivity contribution in [3.63, 3.8) is 0 Å². The first-order chi connectivity index (χ1) is 8.91. The zero-order chi connectivity index (χ0) is 14.0. The number of carbonyl (C=O) groups is 1. The molecule has 0 aliphatic heterocycles. The third-order valence-electron chi connectivity index (χ3n) is 3.54. The highest BCUT2D eigenvalue weighted by atomic mass is 16.6. The van der Waals surface area contributed by atoms with Gasteiger partial charge in [-0.05, 0) is 31.9 Å². The fourth-order valence-corrected chi connectivity index (χ4v) is 2.49. The van der Waals surface area contributed by atoms with Gasteiger partial charge in [-0.15, -0.1) is 0 Å². The van der Waals surface area contributed by atoms with Crippen molar-refractivity contribution in [3.05, 3.63) is 33.9 Å². The van der Waals surface area contributed by atoms with Gasteiger partial charge in [-0.25, -0.2) is 0 Å². The summed E-state index contributed by atoms with van der Waals surface area (Å²) >= 11 is 0. The van der Waals surface area contributed by atoms with E-state index in [-0.39, 0.29) is 22.5 Å². The lowest BCUT2D eigenvalue weighted by atomic mass is 9.99. The monoisotopic (exact) mass is 264 g/mol. The minimum atomic E-state index is -0.620. The van der Waals surface area contributed by atoms with Crippen LogP contribution >= 0.6 is 0 Å². The van der Waals surface area contributed by atoms with Crippen LogP contribution < -0.4 is 5.32 Å². The van der Waals surface area contributed by atoms with Gasteiger partial charge in [0, 0.05) is 11.6 Å². The van der Waals surface area contributed by atoms with Crippen molar-refractivity contribution in [2.45, 2.75) is 38.1 Å². The Kier molecular flexibility index (Phi) is 3.42. The number of amides is 1. The first-order valence-electron chi connectivity index (χ1n) is 6.21. The molecular weight excluding hydrogens is 248 g/mol. The van der Waals surface area contributed by atoms with Crippen LogP contribution in [0.3, 0.4) is 0 Å². The maximum atomic E-state index is 12.2. The Bertz CT molecular complexity index is 521. The molecular formula is C13H16N2O4. The van der Waals surface area contributed by atoms with Crippen LogP contribution in [0.4, 0.5) is 5.69 Å². The van der Waals surface area contributed by atoms with Crippen molar-refractivity contribution in [1.29, 1.82) is 0 Å². The van der Waals surface area contributed by atoms with E-state index in [2.05, 4.69) is 5.32 Å². The third kappa shape index (κ3) is 2.83. The summed E-state index contributed by atoms with van der Waals surface area (Å²) in [4.78, 5) is 22.4. The highest BCUT2D eigenvalue weighted by Gasteiger charge is 2.32. The number of benzene rings is 1. The van der Waals surface area contributed by atoms with Gasteiger partial charge < -0.3 is 10.4 Å². The molecule has 2 rings (SSSR count). The molecule has 0 radical (unpaired) electrons. The molecule has 102 valence electrons. The van der Waals surface area contributed by atoms with Gasteiger partial charge in [0.05, 0.1) is 4.92 Å². The van der Waals surface area contributed by atoms with Gasteiger partial charge in [-0.3, -0.25) is 14.9 Å². The fourth-order valence-electron chi connectivity index (χ4n) is 2.49. The number of nitrogens with one attached hydrogen (secondary N) is 1. The van der Waals surface area contributed by atoms with Crippen LogP contribution in [0.1, 0.15) is 43.0 Å². The van der Waals surface area contributed by atoms with E-state index in [0.717, 1.165) is 37.8 Å². The number of hydrogen-bond donors (Lipinski definition) is 2. The molecule has 19 heavy (non-hydrogen) atoms. The number of nitro benzene ring substituents is 1. The number of aromatic hydroxyl groups is 1. The number of nitrogens with zero attached hydrogens (tertiary/aromatic N) is 1. The molecule has 6 nitrogen and oxygen atoms in total. The first kappa shape index (κ1) is 13.3. The summed E-state index contributed by atoms with van der Waals surface area (Å²) in [5, 5.41) is 23.1. The molecule has 1 aliphatic rings. The number of phenols is 1. The van der Waals surface area contributed by atoms with Crippen molar-refractivity contribution < 1.29 is 14.8 Å².